The van der Waals surface area contributed by atoms with Crippen LogP contribution in [0.5, 0.6) is 0 Å². The third-order valence-corrected chi connectivity index (χ3v) is 1.14. The molecule has 2 nitrogen and oxygen atoms in total. The first-order chi connectivity index (χ1) is 4.31. The van der Waals surface area contributed by atoms with E-state index in [-0.39, 0.29) is 11.3 Å². The molecule has 0 spiro atoms. The van der Waals surface area contributed by atoms with E-state index >= 15 is 0 Å². The van der Waals surface area contributed by atoms with Gasteiger partial charge in [0.1, 0.15) is 11.9 Å². The predicted molar refractivity (Wildman–Crippen MR) is 39.6 cm³/mol. The maximum absolute atomic E-state index is 10.4. The summed E-state index contributed by atoms with van der Waals surface area (Å²) >= 11 is 2.97. The van der Waals surface area contributed by atoms with Crippen LogP contribution in [0.4, 0.5) is 0 Å². The number of carbonyl (C=O) groups is 1. The van der Waals surface area contributed by atoms with Crippen LogP contribution in [0, 0.1) is 0 Å². The Morgan fingerprint density at radius 2 is 2.44 bits per heavy atom. The molecule has 0 aromatic heterocycles. The van der Waals surface area contributed by atoms with Crippen molar-refractivity contribution in [3.63, 3.8) is 0 Å². The number of alkyl halides is 1. The van der Waals surface area contributed by atoms with Crippen LogP contribution >= 0.6 is 15.9 Å². The lowest BCUT2D eigenvalue weighted by molar-refractivity contribution is -0.139. The molecule has 9 heavy (non-hydrogen) atoms. The van der Waals surface area contributed by atoms with Crippen molar-refractivity contribution in [3.05, 3.63) is 12.2 Å². The van der Waals surface area contributed by atoms with Gasteiger partial charge in [-0.15, -0.1) is 0 Å². The van der Waals surface area contributed by atoms with Crippen LogP contribution in [0.1, 0.15) is 6.92 Å². The Hall–Kier alpha value is -0.310. The summed E-state index contributed by atoms with van der Waals surface area (Å²) in [6.45, 7) is 2.25. The summed E-state index contributed by atoms with van der Waals surface area (Å²) in [6, 6.07) is 0. The molecule has 52 valence electrons. The molecule has 0 radical (unpaired) electrons. The highest BCUT2D eigenvalue weighted by atomic mass is 79.9. The number of rotatable bonds is 3. The molecule has 0 N–H and O–H groups in total. The van der Waals surface area contributed by atoms with E-state index in [1.165, 1.54) is 0 Å². The molecule has 0 aliphatic heterocycles. The zero-order chi connectivity index (χ0) is 7.11. The van der Waals surface area contributed by atoms with Gasteiger partial charge in [0.05, 0.1) is 0 Å². The lowest BCUT2D eigenvalue weighted by Gasteiger charge is -1.94. The Bertz CT molecular complexity index is 110. The van der Waals surface area contributed by atoms with Crippen LogP contribution in [0.3, 0.4) is 0 Å². The highest BCUT2D eigenvalue weighted by molar-refractivity contribution is 9.09. The number of hydrogen-bond acceptors (Lipinski definition) is 2. The third kappa shape index (κ3) is 5.56. The minimum Gasteiger partial charge on any atom is -0.461 e. The fourth-order valence-corrected chi connectivity index (χ4v) is 0.438. The number of esters is 1. The molecule has 0 heterocycles. The summed E-state index contributed by atoms with van der Waals surface area (Å²) in [6.07, 6.45) is 3.61. The van der Waals surface area contributed by atoms with Gasteiger partial charge in [-0.05, 0) is 6.92 Å². The summed E-state index contributed by atoms with van der Waals surface area (Å²) in [5.74, 6) is -0.229. The molecular weight excluding hydrogens is 184 g/mol. The third-order valence-electron chi connectivity index (χ3n) is 0.685. The number of halogens is 1. The molecule has 0 aromatic rings. The van der Waals surface area contributed by atoms with Crippen LogP contribution in [0.25, 0.3) is 0 Å². The predicted octanol–water partition coefficient (Wildman–Crippen LogP) is 1.50. The van der Waals surface area contributed by atoms with Gasteiger partial charge in [-0.25, -0.2) is 0 Å². The van der Waals surface area contributed by atoms with Crippen molar-refractivity contribution < 1.29 is 9.53 Å². The minimum absolute atomic E-state index is 0.229. The van der Waals surface area contributed by atoms with Gasteiger partial charge in [-0.3, -0.25) is 4.79 Å². The fraction of sp³-hybridized carbons (Fsp3) is 0.500. The van der Waals surface area contributed by atoms with Crippen molar-refractivity contribution in [2.24, 2.45) is 0 Å². The summed E-state index contributed by atoms with van der Waals surface area (Å²) in [5.41, 5.74) is 0. The molecule has 0 rings (SSSR count). The molecule has 3 heteroatoms. The number of carbonyl (C=O) groups excluding carboxylic acids is 1. The highest BCUT2D eigenvalue weighted by Gasteiger charge is 1.94. The maximum Gasteiger partial charge on any atom is 0.316 e. The Kier molecular flexibility index (Phi) is 5.62. The topological polar surface area (TPSA) is 26.3 Å². The molecule has 0 atom stereocenters. The second-order valence-electron chi connectivity index (χ2n) is 1.39. The molecule has 0 saturated heterocycles. The maximum atomic E-state index is 10.4. The van der Waals surface area contributed by atoms with Gasteiger partial charge in [-0.1, -0.05) is 28.1 Å². The smallest absolute Gasteiger partial charge is 0.316 e. The highest BCUT2D eigenvalue weighted by Crippen LogP contribution is 1.85. The zero-order valence-corrected chi connectivity index (χ0v) is 6.85. The van der Waals surface area contributed by atoms with E-state index in [4.69, 9.17) is 0 Å². The van der Waals surface area contributed by atoms with Crippen molar-refractivity contribution in [2.75, 3.05) is 11.9 Å². The van der Waals surface area contributed by atoms with E-state index in [1.54, 1.807) is 6.08 Å². The van der Waals surface area contributed by atoms with Crippen molar-refractivity contribution in [1.29, 1.82) is 0 Å². The van der Waals surface area contributed by atoms with Gasteiger partial charge in [0, 0.05) is 0 Å². The van der Waals surface area contributed by atoms with E-state index < -0.39 is 0 Å². The Balaban J connectivity index is 3.17. The molecule has 0 bridgehead atoms. The van der Waals surface area contributed by atoms with Gasteiger partial charge in [0.15, 0.2) is 0 Å². The Morgan fingerprint density at radius 1 is 1.78 bits per heavy atom. The molecule has 0 fully saturated rings. The zero-order valence-electron chi connectivity index (χ0n) is 5.26. The lowest BCUT2D eigenvalue weighted by atomic mass is 10.5. The summed E-state index contributed by atoms with van der Waals surface area (Å²) < 4.78 is 4.66. The van der Waals surface area contributed by atoms with E-state index in [2.05, 4.69) is 20.7 Å². The van der Waals surface area contributed by atoms with Gasteiger partial charge in [0.2, 0.25) is 0 Å². The van der Waals surface area contributed by atoms with Crippen LogP contribution in [-0.2, 0) is 9.53 Å². The van der Waals surface area contributed by atoms with E-state index in [9.17, 15) is 4.79 Å². The van der Waals surface area contributed by atoms with Gasteiger partial charge in [0.25, 0.3) is 0 Å². The number of ether oxygens (including phenoxy) is 1. The van der Waals surface area contributed by atoms with E-state index in [0.29, 0.717) is 6.61 Å². The first-order valence-electron chi connectivity index (χ1n) is 2.64. The van der Waals surface area contributed by atoms with Gasteiger partial charge < -0.3 is 4.74 Å². The normalized spacial score (nSPS) is 10.0. The van der Waals surface area contributed by atoms with Crippen LogP contribution in [-0.4, -0.2) is 17.9 Å². The first kappa shape index (κ1) is 8.69. The summed E-state index contributed by atoms with van der Waals surface area (Å²) in [4.78, 5) is 10.4. The van der Waals surface area contributed by atoms with Crippen molar-refractivity contribution in [3.8, 4) is 0 Å². The monoisotopic (exact) mass is 192 g/mol. The Labute approximate surface area is 63.0 Å². The molecule has 0 amide bonds. The van der Waals surface area contributed by atoms with Crippen molar-refractivity contribution in [2.45, 2.75) is 6.92 Å². The second kappa shape index (κ2) is 5.82. The SMILES string of the molecule is CC=CCOC(=O)CBr. The Morgan fingerprint density at radius 3 is 2.89 bits per heavy atom. The van der Waals surface area contributed by atoms with Crippen molar-refractivity contribution >= 4 is 21.9 Å². The minimum atomic E-state index is -0.229. The largest absolute Gasteiger partial charge is 0.461 e. The van der Waals surface area contributed by atoms with Crippen LogP contribution < -0.4 is 0 Å². The quantitative estimate of drug-likeness (QED) is 0.385. The van der Waals surface area contributed by atoms with Gasteiger partial charge in [-0.2, -0.15) is 0 Å². The van der Waals surface area contributed by atoms with Crippen LogP contribution in [0.2, 0.25) is 0 Å². The molecule has 0 aliphatic rings. The van der Waals surface area contributed by atoms with Gasteiger partial charge >= 0.3 is 5.97 Å². The van der Waals surface area contributed by atoms with Crippen molar-refractivity contribution in [1.82, 2.24) is 0 Å². The average molecular weight is 193 g/mol. The summed E-state index contributed by atoms with van der Waals surface area (Å²) in [5, 5.41) is 0.268. The second-order valence-corrected chi connectivity index (χ2v) is 1.95. The van der Waals surface area contributed by atoms with Crippen LogP contribution in [0.15, 0.2) is 12.2 Å². The molecular formula is C6H9BrO2. The standard InChI is InChI=1S/C6H9BrO2/c1-2-3-4-9-6(8)5-7/h2-3H,4-5H2,1H3. The molecule has 0 saturated carbocycles. The lowest BCUT2D eigenvalue weighted by Crippen LogP contribution is -2.04. The number of hydrogen-bond donors (Lipinski definition) is 0. The molecule has 0 aromatic carbocycles. The van der Waals surface area contributed by atoms with E-state index in [0.717, 1.165) is 0 Å². The molecule has 0 unspecified atom stereocenters. The fourth-order valence-electron chi connectivity index (χ4n) is 0.276. The molecule has 0 aliphatic carbocycles. The summed E-state index contributed by atoms with van der Waals surface area (Å²) in [7, 11) is 0. The average Bonchev–Trinajstić information content (AvgIpc) is 1.89. The van der Waals surface area contributed by atoms with E-state index in [1.807, 2.05) is 13.0 Å². The first-order valence-corrected chi connectivity index (χ1v) is 3.76. The number of allylic oxidation sites excluding steroid dienone is 1.